The van der Waals surface area contributed by atoms with Crippen molar-refractivity contribution in [1.82, 2.24) is 15.3 Å². The lowest BCUT2D eigenvalue weighted by molar-refractivity contribution is 0.0626. The van der Waals surface area contributed by atoms with Gasteiger partial charge in [-0.3, -0.25) is 21.2 Å². The summed E-state index contributed by atoms with van der Waals surface area (Å²) in [7, 11) is 0. The Hall–Kier alpha value is -0.490. The second-order valence-corrected chi connectivity index (χ2v) is 6.79. The van der Waals surface area contributed by atoms with Crippen LogP contribution in [-0.4, -0.2) is 34.6 Å². The van der Waals surface area contributed by atoms with E-state index in [1.165, 1.54) is 25.7 Å². The van der Waals surface area contributed by atoms with Gasteiger partial charge in [0.15, 0.2) is 0 Å². The van der Waals surface area contributed by atoms with Gasteiger partial charge in [-0.05, 0) is 54.0 Å². The van der Waals surface area contributed by atoms with Crippen LogP contribution in [0.4, 0.5) is 0 Å². The second kappa shape index (κ2) is 7.68. The smallest absolute Gasteiger partial charge is 0.0450 e. The molecule has 21 heavy (non-hydrogen) atoms. The van der Waals surface area contributed by atoms with Crippen molar-refractivity contribution in [1.29, 1.82) is 0 Å². The van der Waals surface area contributed by atoms with E-state index in [9.17, 15) is 0 Å². The van der Waals surface area contributed by atoms with Gasteiger partial charge in [-0.1, -0.05) is 26.7 Å². The summed E-state index contributed by atoms with van der Waals surface area (Å²) >= 11 is 3.44. The molecule has 0 aromatic carbocycles. The van der Waals surface area contributed by atoms with Gasteiger partial charge in [0.2, 0.25) is 0 Å². The van der Waals surface area contributed by atoms with Crippen LogP contribution in [0.25, 0.3) is 0 Å². The normalized spacial score (nSPS) is 19.1. The first kappa shape index (κ1) is 16.9. The van der Waals surface area contributed by atoms with Crippen LogP contribution in [0.2, 0.25) is 0 Å². The third-order valence-electron chi connectivity index (χ3n) is 4.91. The summed E-state index contributed by atoms with van der Waals surface area (Å²) in [4.78, 5) is 7.11. The van der Waals surface area contributed by atoms with Gasteiger partial charge in [0.1, 0.15) is 0 Å². The lowest BCUT2D eigenvalue weighted by Gasteiger charge is -2.46. The van der Waals surface area contributed by atoms with Gasteiger partial charge >= 0.3 is 0 Å². The van der Waals surface area contributed by atoms with E-state index in [4.69, 9.17) is 5.84 Å². The number of pyridine rings is 1. The maximum Gasteiger partial charge on any atom is 0.0450 e. The minimum absolute atomic E-state index is 0.174. The van der Waals surface area contributed by atoms with Crippen LogP contribution >= 0.6 is 15.9 Å². The Morgan fingerprint density at radius 2 is 2.00 bits per heavy atom. The highest BCUT2D eigenvalue weighted by Gasteiger charge is 2.44. The monoisotopic (exact) mass is 354 g/mol. The number of likely N-dealkylation sites (N-methyl/N-ethyl adjacent to an activating group) is 1. The van der Waals surface area contributed by atoms with E-state index in [-0.39, 0.29) is 11.6 Å². The molecule has 118 valence electrons. The summed E-state index contributed by atoms with van der Waals surface area (Å²) in [5.41, 5.74) is 4.37. The lowest BCUT2D eigenvalue weighted by Crippen LogP contribution is -2.62. The maximum atomic E-state index is 5.95. The third kappa shape index (κ3) is 3.65. The Morgan fingerprint density at radius 3 is 2.48 bits per heavy atom. The van der Waals surface area contributed by atoms with Crippen molar-refractivity contribution in [3.8, 4) is 0 Å². The van der Waals surface area contributed by atoms with Crippen molar-refractivity contribution < 1.29 is 0 Å². The minimum atomic E-state index is 0.174. The van der Waals surface area contributed by atoms with E-state index >= 15 is 0 Å². The van der Waals surface area contributed by atoms with Gasteiger partial charge in [0.05, 0.1) is 0 Å². The highest BCUT2D eigenvalue weighted by molar-refractivity contribution is 9.10. The fourth-order valence-electron chi connectivity index (χ4n) is 3.87. The minimum Gasteiger partial charge on any atom is -0.297 e. The van der Waals surface area contributed by atoms with E-state index in [1.807, 2.05) is 6.20 Å². The highest BCUT2D eigenvalue weighted by Crippen LogP contribution is 2.38. The molecule has 3 N–H and O–H groups in total. The molecule has 0 radical (unpaired) electrons. The molecule has 0 aliphatic heterocycles. The Morgan fingerprint density at radius 1 is 1.33 bits per heavy atom. The van der Waals surface area contributed by atoms with Crippen LogP contribution in [0.15, 0.2) is 22.8 Å². The average Bonchev–Trinajstić information content (AvgIpc) is 2.98. The fraction of sp³-hybridized carbons (Fsp3) is 0.688. The number of halogens is 1. The van der Waals surface area contributed by atoms with E-state index in [0.717, 1.165) is 29.7 Å². The number of hydrazine groups is 1. The molecule has 1 heterocycles. The van der Waals surface area contributed by atoms with Gasteiger partial charge < -0.3 is 0 Å². The van der Waals surface area contributed by atoms with Crippen LogP contribution in [0.3, 0.4) is 0 Å². The number of hydrogen-bond acceptors (Lipinski definition) is 4. The number of nitrogens with zero attached hydrogens (tertiary/aromatic N) is 2. The van der Waals surface area contributed by atoms with Crippen LogP contribution in [0.1, 0.15) is 45.2 Å². The van der Waals surface area contributed by atoms with Crippen LogP contribution in [0, 0.1) is 0 Å². The Bertz CT molecular complexity index is 424. The summed E-state index contributed by atoms with van der Waals surface area (Å²) in [6.45, 7) is 6.63. The van der Waals surface area contributed by atoms with E-state index in [0.29, 0.717) is 0 Å². The molecule has 0 amide bonds. The van der Waals surface area contributed by atoms with Crippen molar-refractivity contribution in [2.45, 2.75) is 57.5 Å². The lowest BCUT2D eigenvalue weighted by atomic mass is 9.83. The SMILES string of the molecule is CCN(CC)C1(C(Cc2ccc(Br)cn2)NN)CCCC1. The molecule has 0 bridgehead atoms. The molecule has 1 fully saturated rings. The molecule has 1 aromatic rings. The zero-order valence-corrected chi connectivity index (χ0v) is 14.7. The second-order valence-electron chi connectivity index (χ2n) is 5.87. The first-order chi connectivity index (χ1) is 10.2. The topological polar surface area (TPSA) is 54.2 Å². The maximum absolute atomic E-state index is 5.95. The van der Waals surface area contributed by atoms with Crippen molar-refractivity contribution in [2.24, 2.45) is 5.84 Å². The molecule has 0 saturated heterocycles. The molecule has 1 aromatic heterocycles. The largest absolute Gasteiger partial charge is 0.297 e. The van der Waals surface area contributed by atoms with Gasteiger partial charge in [-0.15, -0.1) is 0 Å². The molecule has 0 spiro atoms. The Labute approximate surface area is 136 Å². The molecule has 1 unspecified atom stereocenters. The Kier molecular flexibility index (Phi) is 6.17. The van der Waals surface area contributed by atoms with Gasteiger partial charge in [-0.25, -0.2) is 0 Å². The van der Waals surface area contributed by atoms with Crippen molar-refractivity contribution in [2.75, 3.05) is 13.1 Å². The van der Waals surface area contributed by atoms with Gasteiger partial charge in [0.25, 0.3) is 0 Å². The first-order valence-corrected chi connectivity index (χ1v) is 8.77. The highest BCUT2D eigenvalue weighted by atomic mass is 79.9. The molecule has 2 rings (SSSR count). The summed E-state index contributed by atoms with van der Waals surface area (Å²) in [6.07, 6.45) is 7.77. The van der Waals surface area contributed by atoms with Crippen molar-refractivity contribution >= 4 is 15.9 Å². The molecule has 5 heteroatoms. The Balaban J connectivity index is 2.21. The molecule has 1 saturated carbocycles. The predicted octanol–water partition coefficient (Wildman–Crippen LogP) is 2.87. The zero-order chi connectivity index (χ0) is 15.3. The van der Waals surface area contributed by atoms with Crippen LogP contribution in [-0.2, 0) is 6.42 Å². The molecular weight excluding hydrogens is 328 g/mol. The summed E-state index contributed by atoms with van der Waals surface area (Å²) in [5, 5.41) is 0. The summed E-state index contributed by atoms with van der Waals surface area (Å²) in [5.74, 6) is 5.95. The van der Waals surface area contributed by atoms with Gasteiger partial charge in [0, 0.05) is 34.4 Å². The molecule has 1 atom stereocenters. The van der Waals surface area contributed by atoms with E-state index < -0.39 is 0 Å². The van der Waals surface area contributed by atoms with Crippen molar-refractivity contribution in [3.05, 3.63) is 28.5 Å². The number of aromatic nitrogens is 1. The van der Waals surface area contributed by atoms with Crippen molar-refractivity contribution in [3.63, 3.8) is 0 Å². The van der Waals surface area contributed by atoms with Crippen LogP contribution in [0.5, 0.6) is 0 Å². The number of nitrogens with two attached hydrogens (primary N) is 1. The molecular formula is C16H27BrN4. The summed E-state index contributed by atoms with van der Waals surface area (Å²) in [6, 6.07) is 4.38. The van der Waals surface area contributed by atoms with Gasteiger partial charge in [-0.2, -0.15) is 0 Å². The predicted molar refractivity (Wildman–Crippen MR) is 90.9 cm³/mol. The average molecular weight is 355 g/mol. The quantitative estimate of drug-likeness (QED) is 0.583. The fourth-order valence-corrected chi connectivity index (χ4v) is 4.10. The zero-order valence-electron chi connectivity index (χ0n) is 13.1. The molecule has 4 nitrogen and oxygen atoms in total. The number of rotatable bonds is 7. The molecule has 1 aliphatic rings. The third-order valence-corrected chi connectivity index (χ3v) is 5.38. The number of nitrogens with one attached hydrogen (secondary N) is 1. The molecule has 1 aliphatic carbocycles. The van der Waals surface area contributed by atoms with Crippen LogP contribution < -0.4 is 11.3 Å². The standard InChI is InChI=1S/C16H27BrN4/c1-3-21(4-2)16(9-5-6-10-16)15(20-18)11-14-8-7-13(17)12-19-14/h7-8,12,15,20H,3-6,9-11,18H2,1-2H3. The number of hydrogen-bond donors (Lipinski definition) is 2. The van der Waals surface area contributed by atoms with E-state index in [2.05, 4.69) is 57.2 Å². The first-order valence-electron chi connectivity index (χ1n) is 7.98. The summed E-state index contributed by atoms with van der Waals surface area (Å²) < 4.78 is 1.02. The van der Waals surface area contributed by atoms with E-state index in [1.54, 1.807) is 0 Å².